The highest BCUT2D eigenvalue weighted by molar-refractivity contribution is 7.89. The molecule has 0 unspecified atom stereocenters. The van der Waals surface area contributed by atoms with Gasteiger partial charge in [0.2, 0.25) is 10.0 Å². The van der Waals surface area contributed by atoms with Gasteiger partial charge in [0.05, 0.1) is 12.4 Å². The molecule has 1 aromatic rings. The Kier molecular flexibility index (Phi) is 3.04. The van der Waals surface area contributed by atoms with Crippen LogP contribution in [-0.2, 0) is 21.3 Å². The van der Waals surface area contributed by atoms with Gasteiger partial charge in [-0.15, -0.1) is 0 Å². The zero-order valence-electron chi connectivity index (χ0n) is 8.30. The Morgan fingerprint density at radius 1 is 1.27 bits per heavy atom. The molecule has 5 heteroatoms. The molecule has 0 aromatic heterocycles. The van der Waals surface area contributed by atoms with Gasteiger partial charge in [-0.3, -0.25) is 0 Å². The zero-order chi connectivity index (χ0) is 10.7. The Hall–Kier alpha value is -0.910. The number of hydrogen-bond acceptors (Lipinski definition) is 3. The van der Waals surface area contributed by atoms with Crippen molar-refractivity contribution in [2.24, 2.45) is 0 Å². The molecule has 82 valence electrons. The Bertz CT molecular complexity index is 416. The minimum absolute atomic E-state index is 0.0832. The fourth-order valence-corrected chi connectivity index (χ4v) is 2.64. The van der Waals surface area contributed by atoms with E-state index in [1.807, 2.05) is 30.3 Å². The summed E-state index contributed by atoms with van der Waals surface area (Å²) >= 11 is 0. The molecular formula is C10H13NO3S. The van der Waals surface area contributed by atoms with Crippen molar-refractivity contribution in [1.29, 1.82) is 0 Å². The molecule has 0 N–H and O–H groups in total. The molecule has 0 bridgehead atoms. The van der Waals surface area contributed by atoms with Crippen molar-refractivity contribution in [3.05, 3.63) is 35.9 Å². The highest BCUT2D eigenvalue weighted by Gasteiger charge is 2.26. The van der Waals surface area contributed by atoms with Crippen LogP contribution in [0.1, 0.15) is 5.56 Å². The van der Waals surface area contributed by atoms with Crippen LogP contribution in [0.3, 0.4) is 0 Å². The van der Waals surface area contributed by atoms with Crippen LogP contribution in [0, 0.1) is 0 Å². The maximum Gasteiger partial charge on any atom is 0.218 e. The number of ether oxygens (including phenoxy) is 1. The summed E-state index contributed by atoms with van der Waals surface area (Å²) < 4.78 is 29.8. The summed E-state index contributed by atoms with van der Waals surface area (Å²) in [6.07, 6.45) is 0. The van der Waals surface area contributed by atoms with Crippen molar-refractivity contribution in [3.63, 3.8) is 0 Å². The molecule has 1 heterocycles. The molecular weight excluding hydrogens is 214 g/mol. The standard InChI is InChI=1S/C10H13NO3S/c12-15(13)7-6-14-9-11(15)8-10-4-2-1-3-5-10/h1-5H,6-9H2. The van der Waals surface area contributed by atoms with E-state index in [2.05, 4.69) is 0 Å². The quantitative estimate of drug-likeness (QED) is 0.751. The van der Waals surface area contributed by atoms with Crippen LogP contribution in [0.5, 0.6) is 0 Å². The topological polar surface area (TPSA) is 46.6 Å². The van der Waals surface area contributed by atoms with Crippen molar-refractivity contribution < 1.29 is 13.2 Å². The summed E-state index contributed by atoms with van der Waals surface area (Å²) in [6.45, 7) is 0.855. The normalized spacial score (nSPS) is 21.3. The summed E-state index contributed by atoms with van der Waals surface area (Å²) in [5, 5.41) is 0. The number of nitrogens with zero attached hydrogens (tertiary/aromatic N) is 1. The Balaban J connectivity index is 2.12. The van der Waals surface area contributed by atoms with Gasteiger partial charge in [-0.2, -0.15) is 4.31 Å². The largest absolute Gasteiger partial charge is 0.364 e. The lowest BCUT2D eigenvalue weighted by Crippen LogP contribution is -2.40. The van der Waals surface area contributed by atoms with Gasteiger partial charge in [0.25, 0.3) is 0 Å². The van der Waals surface area contributed by atoms with E-state index in [1.54, 1.807) is 0 Å². The average molecular weight is 227 g/mol. The van der Waals surface area contributed by atoms with E-state index in [-0.39, 0.29) is 12.5 Å². The third-order valence-electron chi connectivity index (χ3n) is 2.32. The zero-order valence-corrected chi connectivity index (χ0v) is 9.11. The Labute approximate surface area is 89.5 Å². The van der Waals surface area contributed by atoms with Crippen LogP contribution in [0.15, 0.2) is 30.3 Å². The summed E-state index contributed by atoms with van der Waals surface area (Å²) in [5.41, 5.74) is 0.978. The minimum Gasteiger partial charge on any atom is -0.364 e. The first-order valence-corrected chi connectivity index (χ1v) is 6.39. The van der Waals surface area contributed by atoms with Crippen LogP contribution >= 0.6 is 0 Å². The first-order chi connectivity index (χ1) is 7.18. The van der Waals surface area contributed by atoms with E-state index in [9.17, 15) is 8.42 Å². The second kappa shape index (κ2) is 4.30. The fraction of sp³-hybridized carbons (Fsp3) is 0.400. The molecule has 0 saturated carbocycles. The van der Waals surface area contributed by atoms with Gasteiger partial charge in [-0.25, -0.2) is 8.42 Å². The molecule has 1 fully saturated rings. The van der Waals surface area contributed by atoms with Gasteiger partial charge < -0.3 is 4.74 Å². The van der Waals surface area contributed by atoms with Crippen molar-refractivity contribution in [3.8, 4) is 0 Å². The van der Waals surface area contributed by atoms with Crippen molar-refractivity contribution in [2.75, 3.05) is 19.1 Å². The van der Waals surface area contributed by atoms with E-state index in [1.165, 1.54) is 4.31 Å². The van der Waals surface area contributed by atoms with Gasteiger partial charge in [-0.1, -0.05) is 30.3 Å². The molecule has 0 atom stereocenters. The maximum absolute atomic E-state index is 11.6. The number of benzene rings is 1. The van der Waals surface area contributed by atoms with Gasteiger partial charge in [0, 0.05) is 6.54 Å². The van der Waals surface area contributed by atoms with Crippen molar-refractivity contribution in [1.82, 2.24) is 4.31 Å². The van der Waals surface area contributed by atoms with E-state index in [4.69, 9.17) is 4.74 Å². The number of hydrogen-bond donors (Lipinski definition) is 0. The molecule has 0 radical (unpaired) electrons. The molecule has 1 aliphatic heterocycles. The van der Waals surface area contributed by atoms with Gasteiger partial charge >= 0.3 is 0 Å². The summed E-state index contributed by atoms with van der Waals surface area (Å²) in [6, 6.07) is 9.51. The fourth-order valence-electron chi connectivity index (χ4n) is 1.47. The predicted octanol–water partition coefficient (Wildman–Crippen LogP) is 0.806. The van der Waals surface area contributed by atoms with E-state index < -0.39 is 10.0 Å². The van der Waals surface area contributed by atoms with E-state index in [0.29, 0.717) is 13.2 Å². The number of rotatable bonds is 2. The Morgan fingerprint density at radius 2 is 2.00 bits per heavy atom. The van der Waals surface area contributed by atoms with Gasteiger partial charge in [-0.05, 0) is 5.56 Å². The van der Waals surface area contributed by atoms with Crippen LogP contribution in [0.25, 0.3) is 0 Å². The van der Waals surface area contributed by atoms with Crippen LogP contribution in [0.4, 0.5) is 0 Å². The predicted molar refractivity (Wildman–Crippen MR) is 56.6 cm³/mol. The van der Waals surface area contributed by atoms with Gasteiger partial charge in [0.15, 0.2) is 0 Å². The molecule has 1 aromatic carbocycles. The van der Waals surface area contributed by atoms with Crippen molar-refractivity contribution in [2.45, 2.75) is 6.54 Å². The van der Waals surface area contributed by atoms with Crippen molar-refractivity contribution >= 4 is 10.0 Å². The highest BCUT2D eigenvalue weighted by atomic mass is 32.2. The smallest absolute Gasteiger partial charge is 0.218 e. The van der Waals surface area contributed by atoms with E-state index >= 15 is 0 Å². The SMILES string of the molecule is O=S1(=O)CCOCN1Cc1ccccc1. The Morgan fingerprint density at radius 3 is 2.67 bits per heavy atom. The second-order valence-electron chi connectivity index (χ2n) is 3.45. The molecule has 0 spiro atoms. The minimum atomic E-state index is -3.11. The van der Waals surface area contributed by atoms with Crippen LogP contribution in [0.2, 0.25) is 0 Å². The maximum atomic E-state index is 11.6. The average Bonchev–Trinajstić information content (AvgIpc) is 2.23. The highest BCUT2D eigenvalue weighted by Crippen LogP contribution is 2.12. The molecule has 2 rings (SSSR count). The molecule has 0 aliphatic carbocycles. The third kappa shape index (κ3) is 2.56. The lowest BCUT2D eigenvalue weighted by atomic mass is 10.2. The third-order valence-corrected chi connectivity index (χ3v) is 4.02. The lowest BCUT2D eigenvalue weighted by molar-refractivity contribution is 0.0629. The number of sulfonamides is 1. The summed E-state index contributed by atoms with van der Waals surface area (Å²) in [5.74, 6) is 0.0832. The van der Waals surface area contributed by atoms with Gasteiger partial charge in [0.1, 0.15) is 6.73 Å². The summed E-state index contributed by atoms with van der Waals surface area (Å²) in [4.78, 5) is 0. The van der Waals surface area contributed by atoms with Crippen LogP contribution in [-0.4, -0.2) is 31.8 Å². The first kappa shape index (κ1) is 10.6. The summed E-state index contributed by atoms with van der Waals surface area (Å²) in [7, 11) is -3.11. The lowest BCUT2D eigenvalue weighted by Gasteiger charge is -2.26. The second-order valence-corrected chi connectivity index (χ2v) is 5.54. The van der Waals surface area contributed by atoms with E-state index in [0.717, 1.165) is 5.56 Å². The van der Waals surface area contributed by atoms with Crippen LogP contribution < -0.4 is 0 Å². The molecule has 1 saturated heterocycles. The molecule has 4 nitrogen and oxygen atoms in total. The first-order valence-electron chi connectivity index (χ1n) is 4.78. The molecule has 15 heavy (non-hydrogen) atoms. The molecule has 0 amide bonds. The molecule has 1 aliphatic rings. The monoisotopic (exact) mass is 227 g/mol.